The molecule has 0 bridgehead atoms. The normalized spacial score (nSPS) is 21.3. The van der Waals surface area contributed by atoms with Crippen LogP contribution in [-0.2, 0) is 4.79 Å². The van der Waals surface area contributed by atoms with Gasteiger partial charge in [-0.1, -0.05) is 18.2 Å². The third kappa shape index (κ3) is 3.28. The van der Waals surface area contributed by atoms with Crippen LogP contribution in [0.5, 0.6) is 0 Å². The monoisotopic (exact) mass is 305 g/mol. The van der Waals surface area contributed by atoms with Crippen molar-refractivity contribution in [1.82, 2.24) is 9.96 Å². The van der Waals surface area contributed by atoms with Crippen molar-refractivity contribution in [2.75, 3.05) is 11.9 Å². The maximum Gasteiger partial charge on any atom is 0.328 e. The topological polar surface area (TPSA) is 72.9 Å². The molecule has 0 atom stereocenters. The minimum Gasteiger partial charge on any atom is -0.313 e. The van der Waals surface area contributed by atoms with Crippen molar-refractivity contribution >= 4 is 17.6 Å². The molecule has 0 radical (unpaired) electrons. The van der Waals surface area contributed by atoms with Crippen molar-refractivity contribution in [1.29, 1.82) is 0 Å². The van der Waals surface area contributed by atoms with Crippen LogP contribution in [0, 0.1) is 0 Å². The van der Waals surface area contributed by atoms with Gasteiger partial charge in [-0.25, -0.2) is 4.79 Å². The number of nitrogens with zero attached hydrogens (tertiary/aromatic N) is 2. The van der Waals surface area contributed by atoms with Gasteiger partial charge in [-0.2, -0.15) is 5.06 Å². The van der Waals surface area contributed by atoms with Crippen molar-refractivity contribution in [3.8, 4) is 0 Å². The molecule has 1 aromatic rings. The number of hydrogen-bond donors (Lipinski definition) is 2. The first-order chi connectivity index (χ1) is 10.1. The molecule has 2 N–H and O–H groups in total. The minimum atomic E-state index is -0.734. The summed E-state index contributed by atoms with van der Waals surface area (Å²) in [7, 11) is 0. The van der Waals surface area contributed by atoms with E-state index in [0.717, 1.165) is 0 Å². The second-order valence-electron chi connectivity index (χ2n) is 6.89. The number of para-hydroxylation sites is 1. The zero-order valence-corrected chi connectivity index (χ0v) is 13.5. The Morgan fingerprint density at radius 3 is 2.32 bits per heavy atom. The van der Waals surface area contributed by atoms with E-state index in [9.17, 15) is 14.8 Å². The van der Waals surface area contributed by atoms with Gasteiger partial charge in [0, 0.05) is 17.6 Å². The van der Waals surface area contributed by atoms with E-state index in [1.165, 1.54) is 9.96 Å². The first-order valence-electron chi connectivity index (χ1n) is 7.29. The number of urea groups is 1. The van der Waals surface area contributed by atoms with Gasteiger partial charge in [-0.05, 0) is 39.8 Å². The quantitative estimate of drug-likeness (QED) is 0.836. The Labute approximate surface area is 130 Å². The van der Waals surface area contributed by atoms with Crippen molar-refractivity contribution in [3.05, 3.63) is 30.3 Å². The smallest absolute Gasteiger partial charge is 0.313 e. The molecule has 0 spiro atoms. The molecule has 0 aliphatic carbocycles. The van der Waals surface area contributed by atoms with Gasteiger partial charge < -0.3 is 10.5 Å². The molecule has 1 saturated heterocycles. The van der Waals surface area contributed by atoms with Gasteiger partial charge in [0.15, 0.2) is 0 Å². The summed E-state index contributed by atoms with van der Waals surface area (Å²) in [6.07, 6.45) is 0.0646. The zero-order valence-electron chi connectivity index (χ0n) is 13.5. The Morgan fingerprint density at radius 2 is 1.73 bits per heavy atom. The summed E-state index contributed by atoms with van der Waals surface area (Å²) in [5.41, 5.74) is -0.839. The lowest BCUT2D eigenvalue weighted by molar-refractivity contribution is -0.218. The number of imide groups is 1. The number of carbonyl (C=O) groups is 2. The summed E-state index contributed by atoms with van der Waals surface area (Å²) in [5.74, 6) is -0.303. The molecular weight excluding hydrogens is 282 g/mol. The minimum absolute atomic E-state index is 0.0646. The summed E-state index contributed by atoms with van der Waals surface area (Å²) in [6, 6.07) is 8.50. The first-order valence-corrected chi connectivity index (χ1v) is 7.29. The maximum absolute atomic E-state index is 12.4. The molecule has 0 aromatic heterocycles. The van der Waals surface area contributed by atoms with E-state index in [4.69, 9.17) is 0 Å². The molecule has 22 heavy (non-hydrogen) atoms. The van der Waals surface area contributed by atoms with Crippen LogP contribution < -0.4 is 5.32 Å². The van der Waals surface area contributed by atoms with Gasteiger partial charge >= 0.3 is 6.03 Å². The number of carbonyl (C=O) groups excluding carboxylic acids is 2. The van der Waals surface area contributed by atoms with E-state index in [0.29, 0.717) is 5.69 Å². The summed E-state index contributed by atoms with van der Waals surface area (Å²) in [6.45, 7) is 7.28. The molecule has 1 aromatic carbocycles. The third-order valence-corrected chi connectivity index (χ3v) is 3.85. The van der Waals surface area contributed by atoms with E-state index in [-0.39, 0.29) is 18.9 Å². The van der Waals surface area contributed by atoms with Crippen molar-refractivity contribution in [2.45, 2.75) is 45.2 Å². The van der Waals surface area contributed by atoms with E-state index in [1.807, 2.05) is 18.2 Å². The summed E-state index contributed by atoms with van der Waals surface area (Å²) >= 11 is 0. The molecular formula is C16H23N3O3. The van der Waals surface area contributed by atoms with E-state index < -0.39 is 17.1 Å². The van der Waals surface area contributed by atoms with Gasteiger partial charge in [0.1, 0.15) is 0 Å². The molecule has 1 aliphatic heterocycles. The standard InChI is InChI=1S/C16H23N3O3/c1-15(2)10-13(20)18(11-16(3,4)19(15)22)14(21)17-12-8-6-5-7-9-12/h5-9,22H,10-11H2,1-4H3,(H,17,21). The molecule has 2 rings (SSSR count). The van der Waals surface area contributed by atoms with Crippen molar-refractivity contribution in [3.63, 3.8) is 0 Å². The fourth-order valence-corrected chi connectivity index (χ4v) is 2.80. The van der Waals surface area contributed by atoms with Crippen molar-refractivity contribution < 1.29 is 14.8 Å². The number of amides is 3. The second-order valence-corrected chi connectivity index (χ2v) is 6.89. The average Bonchev–Trinajstić information content (AvgIpc) is 2.49. The summed E-state index contributed by atoms with van der Waals surface area (Å²) < 4.78 is 0. The molecule has 0 unspecified atom stereocenters. The molecule has 3 amide bonds. The van der Waals surface area contributed by atoms with E-state index in [2.05, 4.69) is 5.32 Å². The van der Waals surface area contributed by atoms with E-state index >= 15 is 0 Å². The van der Waals surface area contributed by atoms with Crippen LogP contribution in [0.2, 0.25) is 0 Å². The third-order valence-electron chi connectivity index (χ3n) is 3.85. The molecule has 6 heteroatoms. The maximum atomic E-state index is 12.4. The summed E-state index contributed by atoms with van der Waals surface area (Å²) in [4.78, 5) is 26.0. The largest absolute Gasteiger partial charge is 0.328 e. The van der Waals surface area contributed by atoms with Gasteiger partial charge in [-0.15, -0.1) is 0 Å². The highest BCUT2D eigenvalue weighted by Crippen LogP contribution is 2.31. The van der Waals surface area contributed by atoms with Gasteiger partial charge in [0.2, 0.25) is 5.91 Å². The van der Waals surface area contributed by atoms with Crippen LogP contribution in [0.4, 0.5) is 10.5 Å². The first kappa shape index (κ1) is 16.5. The van der Waals surface area contributed by atoms with Gasteiger partial charge in [-0.3, -0.25) is 9.69 Å². The number of nitrogens with one attached hydrogen (secondary N) is 1. The zero-order chi connectivity index (χ0) is 16.5. The highest BCUT2D eigenvalue weighted by atomic mass is 16.5. The Morgan fingerprint density at radius 1 is 1.14 bits per heavy atom. The number of rotatable bonds is 1. The van der Waals surface area contributed by atoms with Crippen LogP contribution in [0.3, 0.4) is 0 Å². The predicted molar refractivity (Wildman–Crippen MR) is 83.6 cm³/mol. The SMILES string of the molecule is CC1(C)CC(=O)N(C(=O)Nc2ccccc2)CC(C)(C)N1O. The summed E-state index contributed by atoms with van der Waals surface area (Å²) in [5, 5.41) is 14.3. The molecule has 1 heterocycles. The Kier molecular flexibility index (Phi) is 4.26. The Balaban J connectivity index is 2.23. The van der Waals surface area contributed by atoms with Crippen LogP contribution in [0.1, 0.15) is 34.1 Å². The Hall–Kier alpha value is -1.92. The van der Waals surface area contributed by atoms with Gasteiger partial charge in [0.05, 0.1) is 12.1 Å². The number of hydrogen-bond acceptors (Lipinski definition) is 4. The van der Waals surface area contributed by atoms with E-state index in [1.54, 1.807) is 39.8 Å². The van der Waals surface area contributed by atoms with Gasteiger partial charge in [0.25, 0.3) is 0 Å². The lowest BCUT2D eigenvalue weighted by Gasteiger charge is -2.41. The van der Waals surface area contributed by atoms with Crippen LogP contribution >= 0.6 is 0 Å². The highest BCUT2D eigenvalue weighted by molar-refractivity contribution is 6.01. The molecule has 120 valence electrons. The average molecular weight is 305 g/mol. The molecule has 1 aliphatic rings. The molecule has 1 fully saturated rings. The Bertz CT molecular complexity index is 569. The lowest BCUT2D eigenvalue weighted by Crippen LogP contribution is -2.55. The molecule has 6 nitrogen and oxygen atoms in total. The second kappa shape index (κ2) is 5.70. The molecule has 0 saturated carbocycles. The fourth-order valence-electron chi connectivity index (χ4n) is 2.80. The number of benzene rings is 1. The predicted octanol–water partition coefficient (Wildman–Crippen LogP) is 2.70. The van der Waals surface area contributed by atoms with Crippen molar-refractivity contribution in [2.24, 2.45) is 0 Å². The van der Waals surface area contributed by atoms with Crippen LogP contribution in [-0.4, -0.2) is 44.7 Å². The lowest BCUT2D eigenvalue weighted by atomic mass is 9.95. The fraction of sp³-hybridized carbons (Fsp3) is 0.500. The number of anilines is 1. The number of hydroxylamine groups is 2. The van der Waals surface area contributed by atoms with Crippen LogP contribution in [0.25, 0.3) is 0 Å². The van der Waals surface area contributed by atoms with Crippen LogP contribution in [0.15, 0.2) is 30.3 Å². The highest BCUT2D eigenvalue weighted by Gasteiger charge is 2.46.